The van der Waals surface area contributed by atoms with Gasteiger partial charge in [0.1, 0.15) is 0 Å². The van der Waals surface area contributed by atoms with Gasteiger partial charge in [-0.2, -0.15) is 0 Å². The molecule has 0 bridgehead atoms. The van der Waals surface area contributed by atoms with Crippen LogP contribution in [-0.2, 0) is 9.47 Å². The summed E-state index contributed by atoms with van der Waals surface area (Å²) in [5, 5.41) is 0. The smallest absolute Gasteiger partial charge is 0.435 e. The fourth-order valence-electron chi connectivity index (χ4n) is 0.277. The molecule has 0 unspecified atom stereocenters. The molecule has 1 radical (unpaired) electrons. The van der Waals surface area contributed by atoms with Gasteiger partial charge in [-0.1, -0.05) is 0 Å². The van der Waals surface area contributed by atoms with E-state index in [1.807, 2.05) is 0 Å². The second-order valence-electron chi connectivity index (χ2n) is 1.12. The second-order valence-corrected chi connectivity index (χ2v) is 1.12. The molecule has 0 atom stereocenters. The van der Waals surface area contributed by atoms with Gasteiger partial charge < -0.3 is 9.47 Å². The summed E-state index contributed by atoms with van der Waals surface area (Å²) >= 11 is 0. The van der Waals surface area contributed by atoms with Crippen LogP contribution >= 0.6 is 0 Å². The minimum atomic E-state index is -0.588. The SMILES string of the molecule is CCOC(=O)OCC.[Na]. The van der Waals surface area contributed by atoms with Crippen LogP contribution in [0.3, 0.4) is 0 Å². The molecule has 0 aliphatic heterocycles. The Morgan fingerprint density at radius 3 is 1.78 bits per heavy atom. The van der Waals surface area contributed by atoms with Gasteiger partial charge >= 0.3 is 6.16 Å². The maximum absolute atomic E-state index is 10.2. The molecule has 0 rings (SSSR count). The number of rotatable bonds is 2. The van der Waals surface area contributed by atoms with Crippen LogP contribution < -0.4 is 0 Å². The topological polar surface area (TPSA) is 35.5 Å². The quantitative estimate of drug-likeness (QED) is 0.421. The Morgan fingerprint density at radius 2 is 1.56 bits per heavy atom. The molecule has 49 valence electrons. The summed E-state index contributed by atoms with van der Waals surface area (Å²) in [6, 6.07) is 0. The first-order valence-electron chi connectivity index (χ1n) is 2.60. The van der Waals surface area contributed by atoms with Gasteiger partial charge in [0, 0.05) is 29.6 Å². The van der Waals surface area contributed by atoms with E-state index in [9.17, 15) is 4.79 Å². The van der Waals surface area contributed by atoms with Crippen LogP contribution in [0.5, 0.6) is 0 Å². The molecule has 4 heteroatoms. The molecule has 0 saturated carbocycles. The molecule has 0 aliphatic carbocycles. The van der Waals surface area contributed by atoms with Gasteiger partial charge in [0.2, 0.25) is 0 Å². The number of carbonyl (C=O) groups is 1. The maximum Gasteiger partial charge on any atom is 0.508 e. The Labute approximate surface area is 77.0 Å². The molecule has 0 amide bonds. The predicted molar refractivity (Wildman–Crippen MR) is 34.4 cm³/mol. The molecule has 0 aromatic rings. The van der Waals surface area contributed by atoms with E-state index in [0.717, 1.165) is 0 Å². The van der Waals surface area contributed by atoms with Crippen LogP contribution in [0, 0.1) is 0 Å². The summed E-state index contributed by atoms with van der Waals surface area (Å²) in [7, 11) is 0. The number of hydrogen-bond donors (Lipinski definition) is 0. The van der Waals surface area contributed by atoms with Crippen molar-refractivity contribution in [2.24, 2.45) is 0 Å². The van der Waals surface area contributed by atoms with Gasteiger partial charge in [0.15, 0.2) is 0 Å². The van der Waals surface area contributed by atoms with E-state index >= 15 is 0 Å². The number of carbonyl (C=O) groups excluding carboxylic acids is 1. The molecule has 0 saturated heterocycles. The summed E-state index contributed by atoms with van der Waals surface area (Å²) in [6.07, 6.45) is -0.588. The Morgan fingerprint density at radius 1 is 1.22 bits per heavy atom. The van der Waals surface area contributed by atoms with E-state index < -0.39 is 6.16 Å². The van der Waals surface area contributed by atoms with Crippen LogP contribution in [0.4, 0.5) is 4.79 Å². The Balaban J connectivity index is 0. The molecule has 0 N–H and O–H groups in total. The van der Waals surface area contributed by atoms with Crippen molar-refractivity contribution in [1.29, 1.82) is 0 Å². The van der Waals surface area contributed by atoms with Crippen LogP contribution in [-0.4, -0.2) is 48.9 Å². The fourth-order valence-corrected chi connectivity index (χ4v) is 0.277. The van der Waals surface area contributed by atoms with Crippen LogP contribution in [0.25, 0.3) is 0 Å². The van der Waals surface area contributed by atoms with Crippen molar-refractivity contribution in [3.63, 3.8) is 0 Å². The van der Waals surface area contributed by atoms with Crippen molar-refractivity contribution in [2.45, 2.75) is 13.8 Å². The minimum Gasteiger partial charge on any atom is -0.435 e. The summed E-state index contributed by atoms with van der Waals surface area (Å²) < 4.78 is 8.84. The molecule has 0 aliphatic rings. The normalized spacial score (nSPS) is 7.33. The van der Waals surface area contributed by atoms with Gasteiger partial charge in [-0.3, -0.25) is 0 Å². The van der Waals surface area contributed by atoms with E-state index in [4.69, 9.17) is 0 Å². The van der Waals surface area contributed by atoms with Gasteiger partial charge in [-0.05, 0) is 13.8 Å². The predicted octanol–water partition coefficient (Wildman–Crippen LogP) is 0.799. The van der Waals surface area contributed by atoms with E-state index in [0.29, 0.717) is 13.2 Å². The Kier molecular flexibility index (Phi) is 11.0. The summed E-state index contributed by atoms with van der Waals surface area (Å²) in [4.78, 5) is 10.2. The van der Waals surface area contributed by atoms with Crippen molar-refractivity contribution >= 4 is 35.7 Å². The van der Waals surface area contributed by atoms with Crippen LogP contribution in [0.2, 0.25) is 0 Å². The monoisotopic (exact) mass is 141 g/mol. The molecular weight excluding hydrogens is 131 g/mol. The third-order valence-corrected chi connectivity index (χ3v) is 0.524. The molecule has 0 fully saturated rings. The maximum atomic E-state index is 10.2. The minimum absolute atomic E-state index is 0. The van der Waals surface area contributed by atoms with Crippen molar-refractivity contribution in [1.82, 2.24) is 0 Å². The zero-order chi connectivity index (χ0) is 6.41. The van der Waals surface area contributed by atoms with Crippen molar-refractivity contribution in [3.8, 4) is 0 Å². The second kappa shape index (κ2) is 8.27. The summed E-state index contributed by atoms with van der Waals surface area (Å²) in [5.74, 6) is 0. The molecule has 0 spiro atoms. The average molecular weight is 141 g/mol. The van der Waals surface area contributed by atoms with E-state index in [1.54, 1.807) is 13.8 Å². The zero-order valence-electron chi connectivity index (χ0n) is 6.14. The first-order chi connectivity index (χ1) is 3.81. The molecular formula is C5H10NaO3. The summed E-state index contributed by atoms with van der Waals surface area (Å²) in [6.45, 7) is 4.21. The summed E-state index contributed by atoms with van der Waals surface area (Å²) in [5.41, 5.74) is 0. The first kappa shape index (κ1) is 12.0. The van der Waals surface area contributed by atoms with Crippen molar-refractivity contribution in [3.05, 3.63) is 0 Å². The van der Waals surface area contributed by atoms with Crippen LogP contribution in [0.1, 0.15) is 13.8 Å². The van der Waals surface area contributed by atoms with Crippen molar-refractivity contribution < 1.29 is 14.3 Å². The van der Waals surface area contributed by atoms with Gasteiger partial charge in [-0.15, -0.1) is 0 Å². The van der Waals surface area contributed by atoms with Gasteiger partial charge in [-0.25, -0.2) is 4.79 Å². The largest absolute Gasteiger partial charge is 0.508 e. The van der Waals surface area contributed by atoms with Crippen LogP contribution in [0.15, 0.2) is 0 Å². The Hall–Kier alpha value is 0.270. The third-order valence-electron chi connectivity index (χ3n) is 0.524. The zero-order valence-corrected chi connectivity index (χ0v) is 8.14. The average Bonchev–Trinajstić information content (AvgIpc) is 1.68. The van der Waals surface area contributed by atoms with E-state index in [-0.39, 0.29) is 29.6 Å². The standard InChI is InChI=1S/C5H10O3.Na/c1-3-7-5(6)8-4-2;/h3-4H2,1-2H3;. The van der Waals surface area contributed by atoms with Gasteiger partial charge in [0.05, 0.1) is 13.2 Å². The molecule has 3 nitrogen and oxygen atoms in total. The van der Waals surface area contributed by atoms with E-state index in [1.165, 1.54) is 0 Å². The number of ether oxygens (including phenoxy) is 2. The molecule has 0 aromatic carbocycles. The van der Waals surface area contributed by atoms with E-state index in [2.05, 4.69) is 9.47 Å². The molecule has 0 heterocycles. The first-order valence-corrected chi connectivity index (χ1v) is 2.60. The molecule has 9 heavy (non-hydrogen) atoms. The number of hydrogen-bond acceptors (Lipinski definition) is 3. The Bertz CT molecular complexity index is 66.6. The van der Waals surface area contributed by atoms with Gasteiger partial charge in [0.25, 0.3) is 0 Å². The fraction of sp³-hybridized carbons (Fsp3) is 0.800. The third kappa shape index (κ3) is 8.27. The van der Waals surface area contributed by atoms with Crippen molar-refractivity contribution in [2.75, 3.05) is 13.2 Å². The molecule has 0 aromatic heterocycles.